The van der Waals surface area contributed by atoms with Crippen LogP contribution in [0.1, 0.15) is 21.5 Å². The average molecular weight is 488 g/mol. The second kappa shape index (κ2) is 9.24. The summed E-state index contributed by atoms with van der Waals surface area (Å²) >= 11 is 0. The van der Waals surface area contributed by atoms with E-state index in [1.165, 1.54) is 55.6 Å². The molecule has 10 heteroatoms. The number of amides is 1. The van der Waals surface area contributed by atoms with Crippen molar-refractivity contribution in [3.05, 3.63) is 83.4 Å². The molecule has 0 aliphatic carbocycles. The third-order valence-corrected chi connectivity index (χ3v) is 7.70. The van der Waals surface area contributed by atoms with Crippen molar-refractivity contribution < 1.29 is 21.6 Å². The molecule has 33 heavy (non-hydrogen) atoms. The van der Waals surface area contributed by atoms with E-state index < -0.39 is 26.0 Å². The number of sulfonamides is 2. The molecule has 0 aliphatic heterocycles. The highest BCUT2D eigenvalue weighted by Crippen LogP contribution is 2.24. The zero-order valence-corrected chi connectivity index (χ0v) is 20.3. The van der Waals surface area contributed by atoms with Gasteiger partial charge in [-0.2, -0.15) is 0 Å². The van der Waals surface area contributed by atoms with E-state index in [-0.39, 0.29) is 4.90 Å². The van der Waals surface area contributed by atoms with Crippen molar-refractivity contribution >= 4 is 43.0 Å². The number of nitrogens with one attached hydrogen (secondary N) is 2. The largest absolute Gasteiger partial charge is 0.322 e. The first kappa shape index (κ1) is 24.3. The zero-order chi connectivity index (χ0) is 24.4. The summed E-state index contributed by atoms with van der Waals surface area (Å²) < 4.78 is 52.5. The first-order valence-corrected chi connectivity index (χ1v) is 13.3. The first-order valence-electron chi connectivity index (χ1n) is 9.93. The van der Waals surface area contributed by atoms with Gasteiger partial charge in [-0.1, -0.05) is 18.2 Å². The summed E-state index contributed by atoms with van der Waals surface area (Å²) in [4.78, 5) is 12.6. The standard InChI is InChI=1S/C23H25N3O5S2/c1-16-6-5-7-17(2)22(16)25-33(30,31)21-14-10-19(11-15-21)24-23(27)18-8-12-20(13-9-18)26(3)32(4,28)29/h5-15,25H,1-4H3,(H,24,27). The Bertz CT molecular complexity index is 1360. The van der Waals surface area contributed by atoms with Crippen molar-refractivity contribution in [1.82, 2.24) is 0 Å². The zero-order valence-electron chi connectivity index (χ0n) is 18.7. The van der Waals surface area contributed by atoms with E-state index in [2.05, 4.69) is 10.0 Å². The van der Waals surface area contributed by atoms with E-state index in [0.29, 0.717) is 22.6 Å². The molecule has 0 radical (unpaired) electrons. The van der Waals surface area contributed by atoms with Gasteiger partial charge in [-0.25, -0.2) is 16.8 Å². The molecule has 0 atom stereocenters. The summed E-state index contributed by atoms with van der Waals surface area (Å²) in [6.07, 6.45) is 1.09. The lowest BCUT2D eigenvalue weighted by atomic mass is 10.1. The Morgan fingerprint density at radius 3 is 1.88 bits per heavy atom. The number of carbonyl (C=O) groups excluding carboxylic acids is 1. The highest BCUT2D eigenvalue weighted by Gasteiger charge is 2.17. The van der Waals surface area contributed by atoms with Crippen LogP contribution in [-0.4, -0.2) is 36.0 Å². The second-order valence-corrected chi connectivity index (χ2v) is 11.3. The van der Waals surface area contributed by atoms with Crippen molar-refractivity contribution in [2.24, 2.45) is 0 Å². The number of para-hydroxylation sites is 1. The number of anilines is 3. The van der Waals surface area contributed by atoms with E-state index in [9.17, 15) is 21.6 Å². The molecule has 0 aromatic heterocycles. The molecule has 0 bridgehead atoms. The molecular weight excluding hydrogens is 462 g/mol. The molecule has 174 valence electrons. The number of benzene rings is 3. The summed E-state index contributed by atoms with van der Waals surface area (Å²) in [5, 5.41) is 2.70. The van der Waals surface area contributed by atoms with Crippen LogP contribution in [0.25, 0.3) is 0 Å². The normalized spacial score (nSPS) is 11.6. The lowest BCUT2D eigenvalue weighted by Crippen LogP contribution is -2.24. The Morgan fingerprint density at radius 1 is 0.818 bits per heavy atom. The lowest BCUT2D eigenvalue weighted by Gasteiger charge is -2.16. The first-order chi connectivity index (χ1) is 15.4. The van der Waals surface area contributed by atoms with E-state index in [0.717, 1.165) is 21.7 Å². The third kappa shape index (κ3) is 5.71. The van der Waals surface area contributed by atoms with Crippen LogP contribution in [0.3, 0.4) is 0 Å². The predicted molar refractivity (Wildman–Crippen MR) is 131 cm³/mol. The van der Waals surface area contributed by atoms with E-state index >= 15 is 0 Å². The van der Waals surface area contributed by atoms with Crippen LogP contribution < -0.4 is 14.3 Å². The third-order valence-electron chi connectivity index (χ3n) is 5.13. The van der Waals surface area contributed by atoms with Gasteiger partial charge in [0.05, 0.1) is 22.5 Å². The molecule has 0 heterocycles. The predicted octanol–water partition coefficient (Wildman–Crippen LogP) is 3.75. The fourth-order valence-electron chi connectivity index (χ4n) is 3.10. The van der Waals surface area contributed by atoms with Gasteiger partial charge in [-0.3, -0.25) is 13.8 Å². The van der Waals surface area contributed by atoms with Gasteiger partial charge in [-0.15, -0.1) is 0 Å². The Kier molecular flexibility index (Phi) is 6.80. The van der Waals surface area contributed by atoms with Crippen molar-refractivity contribution in [1.29, 1.82) is 0 Å². The molecule has 3 aromatic rings. The highest BCUT2D eigenvalue weighted by molar-refractivity contribution is 7.92. The molecule has 0 spiro atoms. The summed E-state index contributed by atoms with van der Waals surface area (Å²) in [5.41, 5.74) is 3.35. The summed E-state index contributed by atoms with van der Waals surface area (Å²) in [6, 6.07) is 17.4. The number of hydrogen-bond donors (Lipinski definition) is 2. The van der Waals surface area contributed by atoms with Crippen molar-refractivity contribution in [3.8, 4) is 0 Å². The van der Waals surface area contributed by atoms with Crippen molar-refractivity contribution in [2.45, 2.75) is 18.7 Å². The van der Waals surface area contributed by atoms with Crippen LogP contribution in [-0.2, 0) is 20.0 Å². The monoisotopic (exact) mass is 487 g/mol. The van der Waals surface area contributed by atoms with Gasteiger partial charge in [-0.05, 0) is 73.5 Å². The smallest absolute Gasteiger partial charge is 0.261 e. The molecule has 3 aromatic carbocycles. The Morgan fingerprint density at radius 2 is 1.36 bits per heavy atom. The molecule has 1 amide bonds. The summed E-state index contributed by atoms with van der Waals surface area (Å²) in [5.74, 6) is -0.409. The molecule has 8 nitrogen and oxygen atoms in total. The van der Waals surface area contributed by atoms with Crippen LogP contribution in [0.5, 0.6) is 0 Å². The second-order valence-electron chi connectivity index (χ2n) is 7.63. The lowest BCUT2D eigenvalue weighted by molar-refractivity contribution is 0.102. The maximum absolute atomic E-state index is 12.8. The van der Waals surface area contributed by atoms with Gasteiger partial charge in [0.15, 0.2) is 0 Å². The molecular formula is C23H25N3O5S2. The van der Waals surface area contributed by atoms with E-state index in [4.69, 9.17) is 0 Å². The van der Waals surface area contributed by atoms with Crippen molar-refractivity contribution in [3.63, 3.8) is 0 Å². The number of hydrogen-bond acceptors (Lipinski definition) is 5. The van der Waals surface area contributed by atoms with E-state index in [1.807, 2.05) is 32.0 Å². The van der Waals surface area contributed by atoms with Gasteiger partial charge in [0.1, 0.15) is 0 Å². The number of carbonyl (C=O) groups is 1. The molecule has 3 rings (SSSR count). The Hall–Kier alpha value is -3.37. The van der Waals surface area contributed by atoms with E-state index in [1.54, 1.807) is 0 Å². The van der Waals surface area contributed by atoms with Gasteiger partial charge in [0.2, 0.25) is 10.0 Å². The molecule has 0 saturated carbocycles. The van der Waals surface area contributed by atoms with Gasteiger partial charge >= 0.3 is 0 Å². The van der Waals surface area contributed by atoms with Gasteiger partial charge in [0, 0.05) is 18.3 Å². The minimum atomic E-state index is -3.80. The van der Waals surface area contributed by atoms with Crippen LogP contribution in [0, 0.1) is 13.8 Å². The summed E-state index contributed by atoms with van der Waals surface area (Å²) in [7, 11) is -5.77. The van der Waals surface area contributed by atoms with Crippen LogP contribution >= 0.6 is 0 Å². The highest BCUT2D eigenvalue weighted by atomic mass is 32.2. The molecule has 0 aliphatic rings. The van der Waals surface area contributed by atoms with Gasteiger partial charge in [0.25, 0.3) is 15.9 Å². The molecule has 2 N–H and O–H groups in total. The quantitative estimate of drug-likeness (QED) is 0.527. The maximum Gasteiger partial charge on any atom is 0.261 e. The minimum absolute atomic E-state index is 0.0660. The Labute approximate surface area is 194 Å². The number of rotatable bonds is 7. The van der Waals surface area contributed by atoms with Crippen LogP contribution in [0.2, 0.25) is 0 Å². The molecule has 0 unspecified atom stereocenters. The fourth-order valence-corrected chi connectivity index (χ4v) is 4.81. The van der Waals surface area contributed by atoms with Crippen molar-refractivity contribution in [2.75, 3.05) is 27.6 Å². The van der Waals surface area contributed by atoms with Crippen LogP contribution in [0.4, 0.5) is 17.1 Å². The average Bonchev–Trinajstić information content (AvgIpc) is 2.76. The SMILES string of the molecule is Cc1cccc(C)c1NS(=O)(=O)c1ccc(NC(=O)c2ccc(N(C)S(C)(=O)=O)cc2)cc1. The number of aryl methyl sites for hydroxylation is 2. The summed E-state index contributed by atoms with van der Waals surface area (Å²) in [6.45, 7) is 3.66. The topological polar surface area (TPSA) is 113 Å². The fraction of sp³-hybridized carbons (Fsp3) is 0.174. The molecule has 0 fully saturated rings. The maximum atomic E-state index is 12.8. The van der Waals surface area contributed by atoms with Gasteiger partial charge < -0.3 is 5.32 Å². The number of nitrogens with zero attached hydrogens (tertiary/aromatic N) is 1. The molecule has 0 saturated heterocycles. The van der Waals surface area contributed by atoms with Crippen LogP contribution in [0.15, 0.2) is 71.6 Å². The minimum Gasteiger partial charge on any atom is -0.322 e. The Balaban J connectivity index is 1.72.